The molecule has 10 heteroatoms. The maximum absolute atomic E-state index is 13.7. The topological polar surface area (TPSA) is 103 Å². The number of aryl methyl sites for hydroxylation is 1. The zero-order chi connectivity index (χ0) is 29.4. The average Bonchev–Trinajstić information content (AvgIpc) is 3.25. The summed E-state index contributed by atoms with van der Waals surface area (Å²) in [6.07, 6.45) is 0.197. The lowest BCUT2D eigenvalue weighted by molar-refractivity contribution is 0.0390. The Hall–Kier alpha value is -4.57. The van der Waals surface area contributed by atoms with Crippen molar-refractivity contribution < 1.29 is 23.8 Å². The zero-order valence-electron chi connectivity index (χ0n) is 23.7. The van der Waals surface area contributed by atoms with Crippen LogP contribution in [-0.4, -0.2) is 63.9 Å². The number of nitrogens with one attached hydrogen (secondary N) is 2. The molecule has 2 atom stereocenters. The summed E-state index contributed by atoms with van der Waals surface area (Å²) in [7, 11) is 1.30. The maximum atomic E-state index is 13.7. The molecule has 42 heavy (non-hydrogen) atoms. The number of likely N-dealkylation sites (tertiary alicyclic amines) is 1. The van der Waals surface area contributed by atoms with Crippen molar-refractivity contribution in [1.82, 2.24) is 19.8 Å². The van der Waals surface area contributed by atoms with Gasteiger partial charge in [0.25, 0.3) is 0 Å². The summed E-state index contributed by atoms with van der Waals surface area (Å²) in [6.45, 7) is 8.98. The third-order valence-corrected chi connectivity index (χ3v) is 8.07. The van der Waals surface area contributed by atoms with Crippen molar-refractivity contribution in [3.8, 4) is 16.9 Å². The van der Waals surface area contributed by atoms with Crippen LogP contribution >= 0.6 is 0 Å². The number of methoxy groups -OCH3 is 1. The third-order valence-electron chi connectivity index (χ3n) is 8.07. The Balaban J connectivity index is 1.27. The van der Waals surface area contributed by atoms with Gasteiger partial charge in [0.2, 0.25) is 5.95 Å². The van der Waals surface area contributed by atoms with E-state index < -0.39 is 12.2 Å². The number of piperidine rings is 1. The minimum absolute atomic E-state index is 0.0993. The van der Waals surface area contributed by atoms with Crippen LogP contribution in [0.4, 0.5) is 15.1 Å². The third kappa shape index (κ3) is 5.49. The molecule has 1 amide bonds. The minimum Gasteiger partial charge on any atom is -0.491 e. The van der Waals surface area contributed by atoms with E-state index >= 15 is 0 Å². The first kappa shape index (κ1) is 27.6. The molecule has 0 radical (unpaired) electrons. The molecule has 0 saturated carbocycles. The number of nitrogens with zero attached hydrogens (tertiary/aromatic N) is 3. The second-order valence-electron chi connectivity index (χ2n) is 10.8. The number of aliphatic hydroxyl groups is 1. The zero-order valence-corrected chi connectivity index (χ0v) is 23.7. The molecule has 3 heterocycles. The van der Waals surface area contributed by atoms with Crippen LogP contribution in [0.25, 0.3) is 22.2 Å². The van der Waals surface area contributed by atoms with Crippen LogP contribution in [0.2, 0.25) is 0 Å². The Morgan fingerprint density at radius 3 is 2.76 bits per heavy atom. The van der Waals surface area contributed by atoms with Crippen molar-refractivity contribution in [1.29, 1.82) is 0 Å². The SMILES string of the molecule is C=C(N1CCOc2c(C)cc(-c3ccc4[nH]c(NC(=O)OC)nc4c3)cc2C1)N1CC[C@H](O)C[C@@H]1c1ccc(F)cc1. The number of aromatic nitrogens is 2. The van der Waals surface area contributed by atoms with Gasteiger partial charge in [0.1, 0.15) is 18.2 Å². The van der Waals surface area contributed by atoms with Gasteiger partial charge < -0.3 is 29.4 Å². The average molecular weight is 572 g/mol. The Labute approximate surface area is 243 Å². The molecule has 218 valence electrons. The number of anilines is 1. The van der Waals surface area contributed by atoms with Crippen LogP contribution < -0.4 is 10.1 Å². The number of ether oxygens (including phenoxy) is 2. The number of H-pyrrole nitrogens is 1. The van der Waals surface area contributed by atoms with E-state index in [1.807, 2.05) is 18.2 Å². The van der Waals surface area contributed by atoms with E-state index in [0.717, 1.165) is 50.4 Å². The van der Waals surface area contributed by atoms with Gasteiger partial charge in [-0.1, -0.05) is 24.8 Å². The number of hydrogen-bond donors (Lipinski definition) is 3. The monoisotopic (exact) mass is 571 g/mol. The maximum Gasteiger partial charge on any atom is 0.413 e. The van der Waals surface area contributed by atoms with Gasteiger partial charge in [0.05, 0.1) is 42.7 Å². The van der Waals surface area contributed by atoms with Crippen molar-refractivity contribution >= 4 is 23.1 Å². The largest absolute Gasteiger partial charge is 0.491 e. The van der Waals surface area contributed by atoms with E-state index in [1.54, 1.807) is 12.1 Å². The summed E-state index contributed by atoms with van der Waals surface area (Å²) in [6, 6.07) is 16.6. The molecule has 0 unspecified atom stereocenters. The molecule has 2 aliphatic rings. The van der Waals surface area contributed by atoms with Crippen LogP contribution in [0, 0.1) is 12.7 Å². The van der Waals surface area contributed by atoms with Crippen LogP contribution in [-0.2, 0) is 11.3 Å². The Morgan fingerprint density at radius 1 is 1.17 bits per heavy atom. The molecule has 0 bridgehead atoms. The number of fused-ring (bicyclic) bond motifs is 2. The van der Waals surface area contributed by atoms with Crippen molar-refractivity contribution in [2.75, 3.05) is 32.1 Å². The summed E-state index contributed by atoms with van der Waals surface area (Å²) in [4.78, 5) is 23.6. The fourth-order valence-electron chi connectivity index (χ4n) is 5.93. The fraction of sp³-hybridized carbons (Fsp3) is 0.312. The number of carbonyl (C=O) groups is 1. The number of hydrogen-bond acceptors (Lipinski definition) is 7. The molecular formula is C32H34FN5O4. The van der Waals surface area contributed by atoms with Crippen LogP contribution in [0.15, 0.2) is 67.0 Å². The Kier molecular flexibility index (Phi) is 7.47. The van der Waals surface area contributed by atoms with Crippen molar-refractivity contribution in [3.63, 3.8) is 0 Å². The molecule has 1 aromatic heterocycles. The number of carbonyl (C=O) groups excluding carboxylic acids is 1. The molecule has 1 saturated heterocycles. The van der Waals surface area contributed by atoms with E-state index in [0.29, 0.717) is 45.0 Å². The van der Waals surface area contributed by atoms with Gasteiger partial charge in [0.15, 0.2) is 0 Å². The highest BCUT2D eigenvalue weighted by molar-refractivity contribution is 5.88. The molecule has 3 N–H and O–H groups in total. The van der Waals surface area contributed by atoms with Crippen LogP contribution in [0.5, 0.6) is 5.75 Å². The molecule has 6 rings (SSSR count). The van der Waals surface area contributed by atoms with Crippen LogP contribution in [0.1, 0.15) is 35.6 Å². The molecular weight excluding hydrogens is 537 g/mol. The van der Waals surface area contributed by atoms with Gasteiger partial charge in [-0.2, -0.15) is 0 Å². The van der Waals surface area contributed by atoms with Gasteiger partial charge >= 0.3 is 6.09 Å². The van der Waals surface area contributed by atoms with Gasteiger partial charge in [0, 0.05) is 18.7 Å². The molecule has 3 aromatic carbocycles. The Bertz CT molecular complexity index is 1640. The van der Waals surface area contributed by atoms with E-state index in [9.17, 15) is 14.3 Å². The van der Waals surface area contributed by atoms with Crippen molar-refractivity contribution in [2.45, 2.75) is 38.5 Å². The lowest BCUT2D eigenvalue weighted by Crippen LogP contribution is -2.43. The lowest BCUT2D eigenvalue weighted by atomic mass is 9.93. The smallest absolute Gasteiger partial charge is 0.413 e. The summed E-state index contributed by atoms with van der Waals surface area (Å²) in [5, 5.41) is 13.0. The highest BCUT2D eigenvalue weighted by atomic mass is 19.1. The summed E-state index contributed by atoms with van der Waals surface area (Å²) < 4.78 is 24.6. The predicted octanol–water partition coefficient (Wildman–Crippen LogP) is 5.72. The van der Waals surface area contributed by atoms with Gasteiger partial charge in [-0.25, -0.2) is 14.2 Å². The number of halogens is 1. The fourth-order valence-corrected chi connectivity index (χ4v) is 5.93. The predicted molar refractivity (Wildman–Crippen MR) is 158 cm³/mol. The molecule has 9 nitrogen and oxygen atoms in total. The lowest BCUT2D eigenvalue weighted by Gasteiger charge is -2.44. The number of rotatable bonds is 5. The molecule has 0 aliphatic carbocycles. The van der Waals surface area contributed by atoms with Gasteiger partial charge in [-0.15, -0.1) is 0 Å². The van der Waals surface area contributed by atoms with Gasteiger partial charge in [-0.3, -0.25) is 5.32 Å². The quantitative estimate of drug-likeness (QED) is 0.282. The Morgan fingerprint density at radius 2 is 1.98 bits per heavy atom. The highest BCUT2D eigenvalue weighted by Crippen LogP contribution is 2.38. The first-order valence-electron chi connectivity index (χ1n) is 14.0. The second kappa shape index (κ2) is 11.4. The number of benzene rings is 3. The summed E-state index contributed by atoms with van der Waals surface area (Å²) in [5.74, 6) is 1.78. The molecule has 1 fully saturated rings. The summed E-state index contributed by atoms with van der Waals surface area (Å²) >= 11 is 0. The van der Waals surface area contributed by atoms with Crippen molar-refractivity contribution in [3.05, 3.63) is 89.5 Å². The number of amides is 1. The molecule has 0 spiro atoms. The molecule has 2 aliphatic heterocycles. The van der Waals surface area contributed by atoms with E-state index in [4.69, 9.17) is 4.74 Å². The first-order chi connectivity index (χ1) is 20.3. The van der Waals surface area contributed by atoms with E-state index in [1.165, 1.54) is 19.2 Å². The second-order valence-corrected chi connectivity index (χ2v) is 10.8. The minimum atomic E-state index is -0.591. The highest BCUT2D eigenvalue weighted by Gasteiger charge is 2.32. The standard InChI is InChI=1S/C32H34FN5O4/c1-19-14-23(22-6-9-27-28(16-22)35-31(34-27)36-32(40)41-3)15-24-18-37(12-13-42-30(19)24)20(2)38-11-10-26(39)17-29(38)21-4-7-25(33)8-5-21/h4-9,14-16,26,29,39H,2,10-13,17-18H2,1,3H3,(H2,34,35,36,40)/t26-,29+/m0/s1. The molecule has 4 aromatic rings. The summed E-state index contributed by atoms with van der Waals surface area (Å²) in [5.41, 5.74) is 6.58. The normalized spacial score (nSPS) is 18.7. The van der Waals surface area contributed by atoms with Crippen molar-refractivity contribution in [2.24, 2.45) is 0 Å². The first-order valence-corrected chi connectivity index (χ1v) is 14.0. The van der Waals surface area contributed by atoms with E-state index in [-0.39, 0.29) is 11.9 Å². The number of aromatic amines is 1. The van der Waals surface area contributed by atoms with E-state index in [2.05, 4.69) is 55.5 Å². The number of aliphatic hydroxyl groups excluding tert-OH is 1. The number of imidazole rings is 1. The van der Waals surface area contributed by atoms with Gasteiger partial charge in [-0.05, 0) is 78.4 Å². The van der Waals surface area contributed by atoms with Crippen LogP contribution in [0.3, 0.4) is 0 Å².